The van der Waals surface area contributed by atoms with E-state index in [4.69, 9.17) is 0 Å². The van der Waals surface area contributed by atoms with Gasteiger partial charge in [0.2, 0.25) is 0 Å². The van der Waals surface area contributed by atoms with Gasteiger partial charge in [-0.2, -0.15) is 0 Å². The molecule has 0 aromatic heterocycles. The third-order valence-electron chi connectivity index (χ3n) is 4.25. The maximum atomic E-state index is 4.55. The normalized spacial score (nSPS) is 22.8. The quantitative estimate of drug-likeness (QED) is 0.533. The molecule has 1 atom stereocenters. The second-order valence-electron chi connectivity index (χ2n) is 5.80. The molecule has 1 aromatic carbocycles. The molecule has 20 heavy (non-hydrogen) atoms. The number of aliphatic imine (C=N–C) groups is 1. The molecule has 1 aliphatic rings. The SMILES string of the molecule is C/C=C(\C=C/CC)C(CC1(C)Cc2ccccc21)=NC. The topological polar surface area (TPSA) is 12.4 Å². The zero-order valence-electron chi connectivity index (χ0n) is 13.1. The van der Waals surface area contributed by atoms with Crippen molar-refractivity contribution in [2.75, 3.05) is 7.05 Å². The largest absolute Gasteiger partial charge is 0.292 e. The van der Waals surface area contributed by atoms with E-state index < -0.39 is 0 Å². The number of fused-ring (bicyclic) bond motifs is 1. The van der Waals surface area contributed by atoms with Crippen molar-refractivity contribution in [3.63, 3.8) is 0 Å². The van der Waals surface area contributed by atoms with Crippen LogP contribution in [0.5, 0.6) is 0 Å². The van der Waals surface area contributed by atoms with Crippen molar-refractivity contribution < 1.29 is 0 Å². The van der Waals surface area contributed by atoms with E-state index in [9.17, 15) is 0 Å². The zero-order chi connectivity index (χ0) is 14.6. The van der Waals surface area contributed by atoms with Gasteiger partial charge in [0.15, 0.2) is 0 Å². The van der Waals surface area contributed by atoms with Crippen molar-refractivity contribution in [2.24, 2.45) is 4.99 Å². The molecule has 1 nitrogen and oxygen atoms in total. The molecule has 0 spiro atoms. The standard InChI is InChI=1S/C19H25N/c1-5-7-10-15(6-2)18(20-4)14-19(3)13-16-11-8-9-12-17(16)19/h6-12H,5,13-14H2,1-4H3/b10-7-,15-6+,20-18?. The van der Waals surface area contributed by atoms with Crippen LogP contribution in [0.25, 0.3) is 0 Å². The van der Waals surface area contributed by atoms with Crippen molar-refractivity contribution >= 4 is 5.71 Å². The summed E-state index contributed by atoms with van der Waals surface area (Å²) in [5.41, 5.74) is 5.72. The van der Waals surface area contributed by atoms with Gasteiger partial charge in [-0.15, -0.1) is 0 Å². The van der Waals surface area contributed by atoms with Gasteiger partial charge in [-0.05, 0) is 42.9 Å². The summed E-state index contributed by atoms with van der Waals surface area (Å²) in [7, 11) is 1.91. The van der Waals surface area contributed by atoms with Gasteiger partial charge in [0.05, 0.1) is 0 Å². The first-order valence-corrected chi connectivity index (χ1v) is 7.52. The number of hydrogen-bond donors (Lipinski definition) is 0. The van der Waals surface area contributed by atoms with Crippen LogP contribution in [0.4, 0.5) is 0 Å². The van der Waals surface area contributed by atoms with E-state index in [-0.39, 0.29) is 5.41 Å². The van der Waals surface area contributed by atoms with Gasteiger partial charge in [-0.25, -0.2) is 0 Å². The first-order valence-electron chi connectivity index (χ1n) is 7.52. The van der Waals surface area contributed by atoms with Crippen LogP contribution in [0.2, 0.25) is 0 Å². The second-order valence-corrected chi connectivity index (χ2v) is 5.80. The lowest BCUT2D eigenvalue weighted by atomic mass is 9.62. The summed E-state index contributed by atoms with van der Waals surface area (Å²) in [5, 5.41) is 0. The Morgan fingerprint density at radius 1 is 1.35 bits per heavy atom. The minimum Gasteiger partial charge on any atom is -0.292 e. The van der Waals surface area contributed by atoms with Crippen LogP contribution >= 0.6 is 0 Å². The summed E-state index contributed by atoms with van der Waals surface area (Å²) in [6.45, 7) is 6.62. The molecule has 0 radical (unpaired) electrons. The molecule has 1 heteroatoms. The molecule has 106 valence electrons. The highest BCUT2D eigenvalue weighted by atomic mass is 14.7. The van der Waals surface area contributed by atoms with E-state index in [0.29, 0.717) is 0 Å². The maximum Gasteiger partial charge on any atom is 0.0422 e. The Balaban J connectivity index is 2.19. The van der Waals surface area contributed by atoms with Gasteiger partial charge in [-0.3, -0.25) is 4.99 Å². The fraction of sp³-hybridized carbons (Fsp3) is 0.421. The minimum atomic E-state index is 0.250. The summed E-state index contributed by atoms with van der Waals surface area (Å²) >= 11 is 0. The van der Waals surface area contributed by atoms with Crippen LogP contribution in [0, 0.1) is 0 Å². The van der Waals surface area contributed by atoms with Gasteiger partial charge in [0.25, 0.3) is 0 Å². The van der Waals surface area contributed by atoms with E-state index in [0.717, 1.165) is 19.3 Å². The molecule has 0 saturated carbocycles. The van der Waals surface area contributed by atoms with Gasteiger partial charge in [0.1, 0.15) is 0 Å². The number of nitrogens with zero attached hydrogens (tertiary/aromatic N) is 1. The third kappa shape index (κ3) is 2.77. The average Bonchev–Trinajstić information content (AvgIpc) is 2.45. The predicted octanol–water partition coefficient (Wildman–Crippen LogP) is 4.87. The van der Waals surface area contributed by atoms with Gasteiger partial charge in [0, 0.05) is 18.2 Å². The average molecular weight is 267 g/mol. The lowest BCUT2D eigenvalue weighted by Gasteiger charge is -2.41. The van der Waals surface area contributed by atoms with Crippen LogP contribution in [0.1, 0.15) is 44.7 Å². The Kier molecular flexibility index (Phi) is 4.59. The monoisotopic (exact) mass is 267 g/mol. The summed E-state index contributed by atoms with van der Waals surface area (Å²) in [6.07, 6.45) is 9.83. The fourth-order valence-corrected chi connectivity index (χ4v) is 3.11. The Labute approximate surface area is 123 Å². The van der Waals surface area contributed by atoms with Gasteiger partial charge >= 0.3 is 0 Å². The van der Waals surface area contributed by atoms with Crippen LogP contribution in [0.15, 0.2) is 53.1 Å². The highest BCUT2D eigenvalue weighted by Gasteiger charge is 2.38. The summed E-state index contributed by atoms with van der Waals surface area (Å²) in [5.74, 6) is 0. The van der Waals surface area contributed by atoms with E-state index in [1.54, 1.807) is 0 Å². The number of allylic oxidation sites excluding steroid dienone is 4. The summed E-state index contributed by atoms with van der Waals surface area (Å²) in [4.78, 5) is 4.55. The maximum absolute atomic E-state index is 4.55. The predicted molar refractivity (Wildman–Crippen MR) is 88.7 cm³/mol. The van der Waals surface area contributed by atoms with Crippen LogP contribution in [0.3, 0.4) is 0 Å². The number of hydrogen-bond acceptors (Lipinski definition) is 1. The Bertz CT molecular complexity index is 563. The van der Waals surface area contributed by atoms with Crippen molar-refractivity contribution in [1.29, 1.82) is 0 Å². The Morgan fingerprint density at radius 3 is 2.70 bits per heavy atom. The first kappa shape index (κ1) is 14.8. The van der Waals surface area contributed by atoms with E-state index in [1.165, 1.54) is 22.4 Å². The molecule has 1 aromatic rings. The highest BCUT2D eigenvalue weighted by molar-refractivity contribution is 6.03. The molecular formula is C19H25N. The Morgan fingerprint density at radius 2 is 2.10 bits per heavy atom. The lowest BCUT2D eigenvalue weighted by molar-refractivity contribution is 0.426. The highest BCUT2D eigenvalue weighted by Crippen LogP contribution is 2.44. The molecule has 2 rings (SSSR count). The van der Waals surface area contributed by atoms with Crippen molar-refractivity contribution in [2.45, 2.75) is 45.4 Å². The third-order valence-corrected chi connectivity index (χ3v) is 4.25. The Hall–Kier alpha value is -1.63. The first-order chi connectivity index (χ1) is 9.64. The zero-order valence-corrected chi connectivity index (χ0v) is 13.1. The van der Waals surface area contributed by atoms with Crippen molar-refractivity contribution in [3.8, 4) is 0 Å². The smallest absolute Gasteiger partial charge is 0.0422 e. The second kappa shape index (κ2) is 6.21. The molecule has 1 aliphatic carbocycles. The minimum absolute atomic E-state index is 0.250. The fourth-order valence-electron chi connectivity index (χ4n) is 3.11. The summed E-state index contributed by atoms with van der Waals surface area (Å²) < 4.78 is 0. The number of benzene rings is 1. The number of rotatable bonds is 5. The molecule has 0 aliphatic heterocycles. The van der Waals surface area contributed by atoms with E-state index in [2.05, 4.69) is 68.3 Å². The molecule has 0 bridgehead atoms. The molecular weight excluding hydrogens is 242 g/mol. The van der Waals surface area contributed by atoms with Crippen LogP contribution in [-0.2, 0) is 11.8 Å². The van der Waals surface area contributed by atoms with E-state index >= 15 is 0 Å². The lowest BCUT2D eigenvalue weighted by Crippen LogP contribution is -2.38. The molecule has 0 heterocycles. The summed E-state index contributed by atoms with van der Waals surface area (Å²) in [6, 6.07) is 8.79. The van der Waals surface area contributed by atoms with Crippen molar-refractivity contribution in [3.05, 3.63) is 59.2 Å². The van der Waals surface area contributed by atoms with Crippen molar-refractivity contribution in [1.82, 2.24) is 0 Å². The van der Waals surface area contributed by atoms with Gasteiger partial charge in [-0.1, -0.05) is 56.3 Å². The van der Waals surface area contributed by atoms with Crippen LogP contribution in [-0.4, -0.2) is 12.8 Å². The molecule has 1 unspecified atom stereocenters. The molecule has 0 N–H and O–H groups in total. The molecule has 0 amide bonds. The van der Waals surface area contributed by atoms with Crippen LogP contribution < -0.4 is 0 Å². The molecule has 0 saturated heterocycles. The molecule has 0 fully saturated rings. The van der Waals surface area contributed by atoms with E-state index in [1.807, 2.05) is 7.05 Å². The van der Waals surface area contributed by atoms with Gasteiger partial charge < -0.3 is 0 Å².